The summed E-state index contributed by atoms with van der Waals surface area (Å²) in [7, 11) is 0. The maximum atomic E-state index is 8.74. The topological polar surface area (TPSA) is 47.6 Å². The number of hydrogen-bond donors (Lipinski definition) is 0. The molecule has 0 saturated heterocycles. The Hall–Kier alpha value is -1.28. The molecule has 12 heavy (non-hydrogen) atoms. The summed E-state index contributed by atoms with van der Waals surface area (Å²) in [4.78, 5) is 0. The first-order valence-corrected chi connectivity index (χ1v) is 4.29. The Balaban J connectivity index is 4.39. The van der Waals surface area contributed by atoms with Crippen LogP contribution in [0.2, 0.25) is 0 Å². The Kier molecular flexibility index (Phi) is 5.75. The first-order valence-electron chi connectivity index (χ1n) is 4.29. The molecule has 0 heterocycles. The number of rotatable bonds is 4. The normalized spacial score (nSPS) is 13.2. The van der Waals surface area contributed by atoms with Crippen LogP contribution in [0.15, 0.2) is 11.6 Å². The third kappa shape index (κ3) is 3.21. The van der Waals surface area contributed by atoms with Crippen molar-refractivity contribution in [2.75, 3.05) is 0 Å². The van der Waals surface area contributed by atoms with Gasteiger partial charge in [0.25, 0.3) is 0 Å². The molecule has 2 nitrogen and oxygen atoms in total. The van der Waals surface area contributed by atoms with Crippen molar-refractivity contribution in [2.45, 2.75) is 33.1 Å². The molecule has 0 radical (unpaired) electrons. The fourth-order valence-corrected chi connectivity index (χ4v) is 1.06. The standard InChI is InChI=1S/C10H14N2/c1-3-5-9(7-11)10(8-12)6-4-2/h5,10H,3-4,6H2,1-2H3. The Morgan fingerprint density at radius 2 is 2.08 bits per heavy atom. The van der Waals surface area contributed by atoms with Gasteiger partial charge in [-0.1, -0.05) is 26.3 Å². The highest BCUT2D eigenvalue weighted by molar-refractivity contribution is 5.28. The molecule has 0 aliphatic heterocycles. The van der Waals surface area contributed by atoms with Gasteiger partial charge in [0.05, 0.1) is 18.1 Å². The van der Waals surface area contributed by atoms with E-state index in [4.69, 9.17) is 10.5 Å². The van der Waals surface area contributed by atoms with E-state index >= 15 is 0 Å². The van der Waals surface area contributed by atoms with Gasteiger partial charge in [0.2, 0.25) is 0 Å². The SMILES string of the molecule is CCC=C(C#N)C(C#N)CCC. The number of hydrogen-bond acceptors (Lipinski definition) is 2. The molecule has 0 aromatic heterocycles. The van der Waals surface area contributed by atoms with Crippen LogP contribution in [0.25, 0.3) is 0 Å². The monoisotopic (exact) mass is 162 g/mol. The van der Waals surface area contributed by atoms with Crippen molar-refractivity contribution in [1.29, 1.82) is 10.5 Å². The van der Waals surface area contributed by atoms with Crippen molar-refractivity contribution in [3.05, 3.63) is 11.6 Å². The Bertz CT molecular complexity index is 227. The van der Waals surface area contributed by atoms with E-state index in [1.165, 1.54) is 0 Å². The lowest BCUT2D eigenvalue weighted by Gasteiger charge is -2.04. The van der Waals surface area contributed by atoms with E-state index in [2.05, 4.69) is 12.1 Å². The fraction of sp³-hybridized carbons (Fsp3) is 0.600. The summed E-state index contributed by atoms with van der Waals surface area (Å²) in [6, 6.07) is 4.23. The van der Waals surface area contributed by atoms with Crippen LogP contribution in [0.5, 0.6) is 0 Å². The van der Waals surface area contributed by atoms with Gasteiger partial charge in [-0.3, -0.25) is 0 Å². The van der Waals surface area contributed by atoms with Gasteiger partial charge in [-0.2, -0.15) is 10.5 Å². The summed E-state index contributed by atoms with van der Waals surface area (Å²) in [5.74, 6) is -0.194. The van der Waals surface area contributed by atoms with Crippen molar-refractivity contribution in [3.63, 3.8) is 0 Å². The second kappa shape index (κ2) is 6.43. The molecular formula is C10H14N2. The fourth-order valence-electron chi connectivity index (χ4n) is 1.06. The minimum Gasteiger partial charge on any atom is -0.198 e. The summed E-state index contributed by atoms with van der Waals surface area (Å²) in [6.45, 7) is 3.99. The van der Waals surface area contributed by atoms with E-state index in [1.807, 2.05) is 19.9 Å². The van der Waals surface area contributed by atoms with Crippen LogP contribution in [0.1, 0.15) is 33.1 Å². The third-order valence-corrected chi connectivity index (χ3v) is 1.66. The molecule has 0 aromatic rings. The predicted molar refractivity (Wildman–Crippen MR) is 48.0 cm³/mol. The molecular weight excluding hydrogens is 148 g/mol. The molecule has 1 atom stereocenters. The lowest BCUT2D eigenvalue weighted by atomic mass is 9.96. The first-order chi connectivity index (χ1) is 5.79. The van der Waals surface area contributed by atoms with Crippen LogP contribution in [-0.2, 0) is 0 Å². The van der Waals surface area contributed by atoms with Crippen molar-refractivity contribution < 1.29 is 0 Å². The number of nitrogens with zero attached hydrogens (tertiary/aromatic N) is 2. The van der Waals surface area contributed by atoms with E-state index in [9.17, 15) is 0 Å². The molecule has 0 bridgehead atoms. The zero-order chi connectivity index (χ0) is 9.40. The van der Waals surface area contributed by atoms with Gasteiger partial charge >= 0.3 is 0 Å². The van der Waals surface area contributed by atoms with Gasteiger partial charge in [0.15, 0.2) is 0 Å². The van der Waals surface area contributed by atoms with Crippen LogP contribution in [0.3, 0.4) is 0 Å². The van der Waals surface area contributed by atoms with Crippen molar-refractivity contribution >= 4 is 0 Å². The molecule has 0 N–H and O–H groups in total. The molecule has 0 aromatic carbocycles. The van der Waals surface area contributed by atoms with E-state index in [-0.39, 0.29) is 5.92 Å². The van der Waals surface area contributed by atoms with E-state index in [0.717, 1.165) is 19.3 Å². The second-order valence-electron chi connectivity index (χ2n) is 2.65. The molecule has 1 unspecified atom stereocenters. The Morgan fingerprint density at radius 3 is 2.42 bits per heavy atom. The van der Waals surface area contributed by atoms with Crippen LogP contribution >= 0.6 is 0 Å². The maximum Gasteiger partial charge on any atom is 0.0957 e. The average molecular weight is 162 g/mol. The molecule has 0 amide bonds. The molecule has 0 aliphatic rings. The van der Waals surface area contributed by atoms with Gasteiger partial charge in [0.1, 0.15) is 0 Å². The zero-order valence-electron chi connectivity index (χ0n) is 7.67. The largest absolute Gasteiger partial charge is 0.198 e. The van der Waals surface area contributed by atoms with Crippen molar-refractivity contribution in [2.24, 2.45) is 5.92 Å². The highest BCUT2D eigenvalue weighted by Gasteiger charge is 2.10. The van der Waals surface area contributed by atoms with Crippen LogP contribution in [-0.4, -0.2) is 0 Å². The van der Waals surface area contributed by atoms with E-state index in [1.54, 1.807) is 0 Å². The van der Waals surface area contributed by atoms with Crippen LogP contribution in [0.4, 0.5) is 0 Å². The van der Waals surface area contributed by atoms with Gasteiger partial charge in [-0.05, 0) is 12.8 Å². The highest BCUT2D eigenvalue weighted by Crippen LogP contribution is 2.15. The molecule has 2 heteroatoms. The maximum absolute atomic E-state index is 8.74. The lowest BCUT2D eigenvalue weighted by Crippen LogP contribution is -1.99. The number of nitriles is 2. The predicted octanol–water partition coefficient (Wildman–Crippen LogP) is 2.79. The average Bonchev–Trinajstić information content (AvgIpc) is 2.11. The molecule has 64 valence electrons. The van der Waals surface area contributed by atoms with Gasteiger partial charge < -0.3 is 0 Å². The minimum absolute atomic E-state index is 0.194. The quantitative estimate of drug-likeness (QED) is 0.597. The zero-order valence-corrected chi connectivity index (χ0v) is 7.67. The molecule has 0 saturated carbocycles. The second-order valence-corrected chi connectivity index (χ2v) is 2.65. The van der Waals surface area contributed by atoms with E-state index in [0.29, 0.717) is 5.57 Å². The van der Waals surface area contributed by atoms with Crippen molar-refractivity contribution in [1.82, 2.24) is 0 Å². The Labute approximate surface area is 74.1 Å². The summed E-state index contributed by atoms with van der Waals surface area (Å²) in [6.07, 6.45) is 4.39. The summed E-state index contributed by atoms with van der Waals surface area (Å²) in [5.41, 5.74) is 0.627. The Morgan fingerprint density at radius 1 is 1.42 bits per heavy atom. The highest BCUT2D eigenvalue weighted by atomic mass is 14.3. The third-order valence-electron chi connectivity index (χ3n) is 1.66. The summed E-state index contributed by atoms with van der Waals surface area (Å²) in [5, 5.41) is 17.5. The molecule has 0 fully saturated rings. The molecule has 0 rings (SSSR count). The van der Waals surface area contributed by atoms with Crippen LogP contribution < -0.4 is 0 Å². The number of allylic oxidation sites excluding steroid dienone is 2. The van der Waals surface area contributed by atoms with E-state index < -0.39 is 0 Å². The van der Waals surface area contributed by atoms with Crippen LogP contribution in [0, 0.1) is 28.6 Å². The first kappa shape index (κ1) is 10.7. The molecule has 0 aliphatic carbocycles. The smallest absolute Gasteiger partial charge is 0.0957 e. The van der Waals surface area contributed by atoms with Gasteiger partial charge in [-0.15, -0.1) is 0 Å². The lowest BCUT2D eigenvalue weighted by molar-refractivity contribution is 0.680. The molecule has 0 spiro atoms. The summed E-state index contributed by atoms with van der Waals surface area (Å²) < 4.78 is 0. The van der Waals surface area contributed by atoms with Crippen molar-refractivity contribution in [3.8, 4) is 12.1 Å². The van der Waals surface area contributed by atoms with Gasteiger partial charge in [-0.25, -0.2) is 0 Å². The van der Waals surface area contributed by atoms with Gasteiger partial charge in [0, 0.05) is 5.57 Å². The summed E-state index contributed by atoms with van der Waals surface area (Å²) >= 11 is 0. The minimum atomic E-state index is -0.194.